The lowest BCUT2D eigenvalue weighted by molar-refractivity contribution is -0.126. The molecule has 0 fully saturated rings. The van der Waals surface area contributed by atoms with Crippen molar-refractivity contribution in [1.29, 1.82) is 0 Å². The summed E-state index contributed by atoms with van der Waals surface area (Å²) in [5, 5.41) is 14.0. The lowest BCUT2D eigenvalue weighted by Gasteiger charge is -2.16. The number of aromatic hydroxyl groups is 1. The molecule has 0 bridgehead atoms. The molecule has 3 amide bonds. The molecule has 0 aliphatic heterocycles. The molecule has 0 saturated heterocycles. The zero-order chi connectivity index (χ0) is 19.6. The average Bonchev–Trinajstić information content (AvgIpc) is 2.66. The summed E-state index contributed by atoms with van der Waals surface area (Å²) in [5.41, 5.74) is 6.85. The lowest BCUT2D eigenvalue weighted by atomic mass is 10.1. The predicted octanol–water partition coefficient (Wildman–Crippen LogP) is 0.831. The van der Waals surface area contributed by atoms with Crippen molar-refractivity contribution in [2.75, 3.05) is 6.54 Å². The number of carbonyl (C=O) groups excluding carboxylic acids is 3. The minimum atomic E-state index is -0.941. The van der Waals surface area contributed by atoms with Crippen molar-refractivity contribution in [3.63, 3.8) is 0 Å². The molecule has 27 heavy (non-hydrogen) atoms. The Hall–Kier alpha value is -3.55. The van der Waals surface area contributed by atoms with Gasteiger partial charge < -0.3 is 26.2 Å². The molecule has 0 spiro atoms. The van der Waals surface area contributed by atoms with Gasteiger partial charge in [0.05, 0.1) is 0 Å². The van der Waals surface area contributed by atoms with Crippen molar-refractivity contribution in [2.24, 2.45) is 5.73 Å². The Labute approximate surface area is 156 Å². The predicted molar refractivity (Wildman–Crippen MR) is 97.6 cm³/mol. The first kappa shape index (κ1) is 19.8. The first-order valence-corrected chi connectivity index (χ1v) is 8.25. The third-order valence-electron chi connectivity index (χ3n) is 3.66. The molecular weight excluding hydrogens is 350 g/mol. The number of amides is 3. The Kier molecular flexibility index (Phi) is 7.18. The van der Waals surface area contributed by atoms with Gasteiger partial charge in [-0.2, -0.15) is 0 Å². The van der Waals surface area contributed by atoms with Crippen molar-refractivity contribution in [1.82, 2.24) is 10.6 Å². The zero-order valence-electron chi connectivity index (χ0n) is 14.6. The van der Waals surface area contributed by atoms with E-state index in [1.54, 1.807) is 24.3 Å². The van der Waals surface area contributed by atoms with Gasteiger partial charge in [0, 0.05) is 6.42 Å². The van der Waals surface area contributed by atoms with Crippen LogP contribution in [0.4, 0.5) is 4.79 Å². The summed E-state index contributed by atoms with van der Waals surface area (Å²) in [6.07, 6.45) is -0.581. The summed E-state index contributed by atoms with van der Waals surface area (Å²) in [5.74, 6) is -1.19. The van der Waals surface area contributed by atoms with Crippen LogP contribution in [0.5, 0.6) is 5.75 Å². The van der Waals surface area contributed by atoms with Crippen LogP contribution in [0.3, 0.4) is 0 Å². The minimum Gasteiger partial charge on any atom is -0.508 e. The van der Waals surface area contributed by atoms with Crippen LogP contribution in [-0.4, -0.2) is 35.6 Å². The van der Waals surface area contributed by atoms with E-state index < -0.39 is 23.9 Å². The fourth-order valence-corrected chi connectivity index (χ4v) is 2.26. The molecule has 142 valence electrons. The molecule has 0 unspecified atom stereocenters. The molecular formula is C19H21N3O5. The molecule has 0 aliphatic rings. The third kappa shape index (κ3) is 7.07. The fraction of sp³-hybridized carbons (Fsp3) is 0.211. The van der Waals surface area contributed by atoms with E-state index in [2.05, 4.69) is 10.6 Å². The Bertz CT molecular complexity index is 778. The second-order valence-corrected chi connectivity index (χ2v) is 5.81. The summed E-state index contributed by atoms with van der Waals surface area (Å²) in [4.78, 5) is 35.1. The van der Waals surface area contributed by atoms with E-state index in [1.165, 1.54) is 12.1 Å². The van der Waals surface area contributed by atoms with Crippen LogP contribution < -0.4 is 16.4 Å². The molecule has 0 aliphatic carbocycles. The van der Waals surface area contributed by atoms with Crippen molar-refractivity contribution in [2.45, 2.75) is 19.1 Å². The number of alkyl carbamates (subject to hydrolysis) is 1. The van der Waals surface area contributed by atoms with Gasteiger partial charge in [-0.25, -0.2) is 4.79 Å². The van der Waals surface area contributed by atoms with Crippen LogP contribution in [0.15, 0.2) is 54.6 Å². The molecule has 8 heteroatoms. The second-order valence-electron chi connectivity index (χ2n) is 5.81. The maximum absolute atomic E-state index is 12.0. The maximum atomic E-state index is 12.0. The normalized spacial score (nSPS) is 11.3. The van der Waals surface area contributed by atoms with E-state index in [9.17, 15) is 19.5 Å². The minimum absolute atomic E-state index is 0.0824. The van der Waals surface area contributed by atoms with Gasteiger partial charge in [-0.1, -0.05) is 42.5 Å². The number of benzene rings is 2. The molecule has 5 N–H and O–H groups in total. The largest absolute Gasteiger partial charge is 0.508 e. The van der Waals surface area contributed by atoms with Gasteiger partial charge in [0.1, 0.15) is 24.9 Å². The van der Waals surface area contributed by atoms with Gasteiger partial charge in [-0.15, -0.1) is 0 Å². The quantitative estimate of drug-likeness (QED) is 0.546. The smallest absolute Gasteiger partial charge is 0.407 e. The highest BCUT2D eigenvalue weighted by molar-refractivity contribution is 5.88. The summed E-state index contributed by atoms with van der Waals surface area (Å²) < 4.78 is 4.99. The van der Waals surface area contributed by atoms with Gasteiger partial charge in [-0.05, 0) is 23.3 Å². The Balaban J connectivity index is 1.77. The van der Waals surface area contributed by atoms with Crippen molar-refractivity contribution in [3.05, 3.63) is 65.7 Å². The number of nitrogens with two attached hydrogens (primary N) is 1. The highest BCUT2D eigenvalue weighted by Crippen LogP contribution is 2.11. The number of carbonyl (C=O) groups is 3. The fourth-order valence-electron chi connectivity index (χ4n) is 2.26. The molecule has 1 atom stereocenters. The van der Waals surface area contributed by atoms with Crippen molar-refractivity contribution >= 4 is 17.9 Å². The number of rotatable bonds is 8. The van der Waals surface area contributed by atoms with E-state index in [4.69, 9.17) is 10.5 Å². The Morgan fingerprint density at radius 2 is 1.67 bits per heavy atom. The average molecular weight is 371 g/mol. The number of hydrogen-bond acceptors (Lipinski definition) is 5. The van der Waals surface area contributed by atoms with E-state index >= 15 is 0 Å². The molecule has 0 heterocycles. The number of ether oxygens (including phenoxy) is 1. The van der Waals surface area contributed by atoms with Crippen LogP contribution >= 0.6 is 0 Å². The topological polar surface area (TPSA) is 131 Å². The Morgan fingerprint density at radius 3 is 2.30 bits per heavy atom. The van der Waals surface area contributed by atoms with E-state index in [-0.39, 0.29) is 25.3 Å². The second kappa shape index (κ2) is 9.81. The monoisotopic (exact) mass is 371 g/mol. The molecule has 8 nitrogen and oxygen atoms in total. The number of nitrogens with one attached hydrogen (secondary N) is 2. The van der Waals surface area contributed by atoms with E-state index in [0.717, 1.165) is 5.56 Å². The molecule has 0 aromatic heterocycles. The Morgan fingerprint density at radius 1 is 1.00 bits per heavy atom. The van der Waals surface area contributed by atoms with Gasteiger partial charge in [0.15, 0.2) is 0 Å². The number of primary amides is 1. The number of hydrogen-bond donors (Lipinski definition) is 4. The van der Waals surface area contributed by atoms with Gasteiger partial charge >= 0.3 is 6.09 Å². The molecule has 0 radical (unpaired) electrons. The number of phenolic OH excluding ortho intramolecular Hbond substituents is 1. The summed E-state index contributed by atoms with van der Waals surface area (Å²) in [6, 6.07) is 14.4. The van der Waals surface area contributed by atoms with Crippen LogP contribution in [0, 0.1) is 0 Å². The van der Waals surface area contributed by atoms with Gasteiger partial charge in [-0.3, -0.25) is 9.59 Å². The van der Waals surface area contributed by atoms with Crippen LogP contribution in [-0.2, 0) is 27.4 Å². The standard InChI is InChI=1S/C19H21N3O5/c20-18(25)16(10-13-6-8-15(23)9-7-13)22-17(24)11-21-19(26)27-12-14-4-2-1-3-5-14/h1-9,16,23H,10-12H2,(H2,20,25)(H,21,26)(H,22,24)/t16-/m0/s1. The molecule has 2 aromatic rings. The first-order valence-electron chi connectivity index (χ1n) is 8.25. The third-order valence-corrected chi connectivity index (χ3v) is 3.66. The molecule has 0 saturated carbocycles. The van der Waals surface area contributed by atoms with E-state index in [1.807, 2.05) is 18.2 Å². The summed E-state index contributed by atoms with van der Waals surface area (Å²) in [6.45, 7) is -0.272. The van der Waals surface area contributed by atoms with Crippen LogP contribution in [0.25, 0.3) is 0 Å². The van der Waals surface area contributed by atoms with Gasteiger partial charge in [0.25, 0.3) is 0 Å². The maximum Gasteiger partial charge on any atom is 0.407 e. The zero-order valence-corrected chi connectivity index (χ0v) is 14.6. The summed E-state index contributed by atoms with van der Waals surface area (Å²) >= 11 is 0. The van der Waals surface area contributed by atoms with Crippen LogP contribution in [0.1, 0.15) is 11.1 Å². The van der Waals surface area contributed by atoms with E-state index in [0.29, 0.717) is 5.56 Å². The lowest BCUT2D eigenvalue weighted by Crippen LogP contribution is -2.49. The summed E-state index contributed by atoms with van der Waals surface area (Å²) in [7, 11) is 0. The SMILES string of the molecule is NC(=O)[C@H](Cc1ccc(O)cc1)NC(=O)CNC(=O)OCc1ccccc1. The molecule has 2 rings (SSSR count). The first-order chi connectivity index (χ1) is 12.9. The highest BCUT2D eigenvalue weighted by Gasteiger charge is 2.19. The van der Waals surface area contributed by atoms with Gasteiger partial charge in [0.2, 0.25) is 11.8 Å². The van der Waals surface area contributed by atoms with Crippen molar-refractivity contribution in [3.8, 4) is 5.75 Å². The molecule has 2 aromatic carbocycles. The van der Waals surface area contributed by atoms with Crippen molar-refractivity contribution < 1.29 is 24.2 Å². The van der Waals surface area contributed by atoms with Crippen LogP contribution in [0.2, 0.25) is 0 Å². The number of phenols is 1. The highest BCUT2D eigenvalue weighted by atomic mass is 16.5.